The Morgan fingerprint density at radius 2 is 1.93 bits per heavy atom. The van der Waals surface area contributed by atoms with Gasteiger partial charge in [-0.1, -0.05) is 22.0 Å². The number of nitrogens with one attached hydrogen (secondary N) is 3. The van der Waals surface area contributed by atoms with Gasteiger partial charge in [0.2, 0.25) is 5.95 Å². The maximum absolute atomic E-state index is 13.3. The number of rotatable bonds is 4. The van der Waals surface area contributed by atoms with E-state index in [-0.39, 0.29) is 17.3 Å². The molecule has 0 fully saturated rings. The van der Waals surface area contributed by atoms with Gasteiger partial charge in [0, 0.05) is 10.0 Å². The highest BCUT2D eigenvalue weighted by Crippen LogP contribution is 2.26. The minimum Gasteiger partial charge on any atom is -0.364 e. The number of carbonyl (C=O) groups is 2. The van der Waals surface area contributed by atoms with Crippen molar-refractivity contribution in [1.29, 1.82) is 0 Å². The zero-order chi connectivity index (χ0) is 20.7. The van der Waals surface area contributed by atoms with E-state index in [1.54, 1.807) is 0 Å². The number of amides is 2. The predicted octanol–water partition coefficient (Wildman–Crippen LogP) is 3.51. The molecule has 10 heteroatoms. The third kappa shape index (κ3) is 3.61. The van der Waals surface area contributed by atoms with Crippen LogP contribution in [0.1, 0.15) is 26.5 Å². The van der Waals surface area contributed by atoms with Gasteiger partial charge in [-0.3, -0.25) is 14.9 Å². The third-order valence-corrected chi connectivity index (χ3v) is 4.79. The van der Waals surface area contributed by atoms with Crippen molar-refractivity contribution in [1.82, 2.24) is 19.9 Å². The number of aromatic amines is 2. The number of halogens is 2. The maximum Gasteiger partial charge on any atom is 0.276 e. The van der Waals surface area contributed by atoms with Gasteiger partial charge in [0.15, 0.2) is 5.69 Å². The van der Waals surface area contributed by atoms with E-state index in [0.717, 1.165) is 10.0 Å². The average Bonchev–Trinajstić information content (AvgIpc) is 3.27. The van der Waals surface area contributed by atoms with Crippen LogP contribution in [0.4, 0.5) is 10.3 Å². The van der Waals surface area contributed by atoms with Crippen LogP contribution in [0.25, 0.3) is 22.4 Å². The molecule has 8 nitrogen and oxygen atoms in total. The van der Waals surface area contributed by atoms with Crippen LogP contribution in [0, 0.1) is 12.7 Å². The summed E-state index contributed by atoms with van der Waals surface area (Å²) in [5.41, 5.74) is 7.61. The summed E-state index contributed by atoms with van der Waals surface area (Å²) in [4.78, 5) is 38.6. The quantitative estimate of drug-likeness (QED) is 0.374. The summed E-state index contributed by atoms with van der Waals surface area (Å²) in [5.74, 6) is -1.52. The molecule has 0 aliphatic rings. The van der Waals surface area contributed by atoms with E-state index < -0.39 is 17.6 Å². The lowest BCUT2D eigenvalue weighted by molar-refractivity contribution is 0.0972. The molecule has 29 heavy (non-hydrogen) atoms. The summed E-state index contributed by atoms with van der Waals surface area (Å²) in [7, 11) is 0. The van der Waals surface area contributed by atoms with Gasteiger partial charge in [0.1, 0.15) is 17.3 Å². The number of primary amides is 1. The van der Waals surface area contributed by atoms with Crippen molar-refractivity contribution in [3.05, 3.63) is 63.6 Å². The first-order valence-electron chi connectivity index (χ1n) is 8.45. The van der Waals surface area contributed by atoms with Crippen molar-refractivity contribution >= 4 is 44.7 Å². The standard InChI is InChI=1S/C19H14BrFN6O2/c1-8-2-3-9(20)6-11(8)17-25-14(16(22)28)15(26-17)18(29)27-19-23-12-5-4-10(21)7-13(12)24-19/h2-7H,1H3,(H2,22,28)(H,25,26)(H2,23,24,27,29). The van der Waals surface area contributed by atoms with Gasteiger partial charge >= 0.3 is 0 Å². The lowest BCUT2D eigenvalue weighted by Crippen LogP contribution is -2.20. The number of hydrogen-bond acceptors (Lipinski definition) is 4. The van der Waals surface area contributed by atoms with Crippen LogP contribution in [-0.2, 0) is 0 Å². The Kier molecular flexibility index (Phi) is 4.63. The molecule has 0 aliphatic heterocycles. The van der Waals surface area contributed by atoms with Crippen LogP contribution in [0.15, 0.2) is 40.9 Å². The second kappa shape index (κ2) is 7.13. The van der Waals surface area contributed by atoms with Gasteiger partial charge in [0.25, 0.3) is 11.8 Å². The van der Waals surface area contributed by atoms with E-state index in [0.29, 0.717) is 22.4 Å². The third-order valence-electron chi connectivity index (χ3n) is 4.29. The van der Waals surface area contributed by atoms with Crippen molar-refractivity contribution < 1.29 is 14.0 Å². The minimum absolute atomic E-state index is 0.0980. The first-order chi connectivity index (χ1) is 13.8. The summed E-state index contributed by atoms with van der Waals surface area (Å²) in [6.45, 7) is 1.88. The Morgan fingerprint density at radius 3 is 2.69 bits per heavy atom. The van der Waals surface area contributed by atoms with Gasteiger partial charge in [-0.05, 0) is 42.8 Å². The Bertz CT molecular complexity index is 1280. The first-order valence-corrected chi connectivity index (χ1v) is 9.24. The van der Waals surface area contributed by atoms with E-state index in [1.807, 2.05) is 25.1 Å². The summed E-state index contributed by atoms with van der Waals surface area (Å²) in [6, 6.07) is 9.57. The SMILES string of the molecule is Cc1ccc(Br)cc1-c1nc(C(N)=O)c(C(=O)Nc2nc3ccc(F)cc3[nH]2)[nH]1. The molecule has 2 heterocycles. The summed E-state index contributed by atoms with van der Waals surface area (Å²) in [6.07, 6.45) is 0. The van der Waals surface area contributed by atoms with Gasteiger partial charge in [-0.2, -0.15) is 0 Å². The highest BCUT2D eigenvalue weighted by Gasteiger charge is 2.23. The molecule has 0 unspecified atom stereocenters. The molecule has 0 aliphatic carbocycles. The second-order valence-electron chi connectivity index (χ2n) is 6.33. The van der Waals surface area contributed by atoms with Crippen LogP contribution in [0.3, 0.4) is 0 Å². The van der Waals surface area contributed by atoms with E-state index in [1.165, 1.54) is 18.2 Å². The summed E-state index contributed by atoms with van der Waals surface area (Å²) >= 11 is 3.39. The number of anilines is 1. The molecule has 0 saturated carbocycles. The molecule has 0 saturated heterocycles. The molecule has 4 aromatic rings. The number of nitrogens with zero attached hydrogens (tertiary/aromatic N) is 2. The van der Waals surface area contributed by atoms with Crippen molar-refractivity contribution in [2.45, 2.75) is 6.92 Å². The number of aromatic nitrogens is 4. The molecule has 2 aromatic heterocycles. The van der Waals surface area contributed by atoms with E-state index in [2.05, 4.69) is 41.2 Å². The Hall–Kier alpha value is -3.53. The lowest BCUT2D eigenvalue weighted by atomic mass is 10.1. The topological polar surface area (TPSA) is 130 Å². The number of nitrogens with two attached hydrogens (primary N) is 1. The molecule has 0 spiro atoms. The van der Waals surface area contributed by atoms with Crippen molar-refractivity contribution in [2.24, 2.45) is 5.73 Å². The molecule has 0 atom stereocenters. The highest BCUT2D eigenvalue weighted by atomic mass is 79.9. The monoisotopic (exact) mass is 456 g/mol. The normalized spacial score (nSPS) is 11.0. The highest BCUT2D eigenvalue weighted by molar-refractivity contribution is 9.10. The van der Waals surface area contributed by atoms with E-state index >= 15 is 0 Å². The number of hydrogen-bond donors (Lipinski definition) is 4. The number of aryl methyl sites for hydroxylation is 1. The molecule has 0 bridgehead atoms. The van der Waals surface area contributed by atoms with Crippen LogP contribution in [0.2, 0.25) is 0 Å². The average molecular weight is 457 g/mol. The number of fused-ring (bicyclic) bond motifs is 1. The summed E-state index contributed by atoms with van der Waals surface area (Å²) < 4.78 is 14.2. The predicted molar refractivity (Wildman–Crippen MR) is 109 cm³/mol. The minimum atomic E-state index is -0.850. The molecular formula is C19H14BrFN6O2. The van der Waals surface area contributed by atoms with Crippen molar-refractivity contribution in [2.75, 3.05) is 5.32 Å². The fraction of sp³-hybridized carbons (Fsp3) is 0.0526. The molecule has 2 aromatic carbocycles. The van der Waals surface area contributed by atoms with Gasteiger partial charge in [0.05, 0.1) is 11.0 Å². The molecule has 146 valence electrons. The molecule has 4 rings (SSSR count). The number of imidazole rings is 2. The number of carbonyl (C=O) groups excluding carboxylic acids is 2. The zero-order valence-electron chi connectivity index (χ0n) is 15.0. The zero-order valence-corrected chi connectivity index (χ0v) is 16.6. The number of benzene rings is 2. The van der Waals surface area contributed by atoms with Crippen LogP contribution < -0.4 is 11.1 Å². The smallest absolute Gasteiger partial charge is 0.276 e. The van der Waals surface area contributed by atoms with Crippen molar-refractivity contribution in [3.63, 3.8) is 0 Å². The fourth-order valence-corrected chi connectivity index (χ4v) is 3.26. The number of H-pyrrole nitrogens is 2. The Labute approximate surface area is 171 Å². The van der Waals surface area contributed by atoms with Gasteiger partial charge in [-0.15, -0.1) is 0 Å². The van der Waals surface area contributed by atoms with Gasteiger partial charge < -0.3 is 15.7 Å². The largest absolute Gasteiger partial charge is 0.364 e. The van der Waals surface area contributed by atoms with Crippen molar-refractivity contribution in [3.8, 4) is 11.4 Å². The van der Waals surface area contributed by atoms with E-state index in [4.69, 9.17) is 5.73 Å². The van der Waals surface area contributed by atoms with E-state index in [9.17, 15) is 14.0 Å². The Morgan fingerprint density at radius 1 is 1.14 bits per heavy atom. The van der Waals surface area contributed by atoms with Gasteiger partial charge in [-0.25, -0.2) is 14.4 Å². The summed E-state index contributed by atoms with van der Waals surface area (Å²) in [5, 5.41) is 2.54. The second-order valence-corrected chi connectivity index (χ2v) is 7.25. The molecule has 0 radical (unpaired) electrons. The fourth-order valence-electron chi connectivity index (χ4n) is 2.90. The molecule has 5 N–H and O–H groups in total. The molecular weight excluding hydrogens is 443 g/mol. The molecule has 2 amide bonds. The first kappa shape index (κ1) is 18.8. The van der Waals surface area contributed by atoms with Crippen LogP contribution in [-0.4, -0.2) is 31.8 Å². The lowest BCUT2D eigenvalue weighted by Gasteiger charge is -2.03. The van der Waals surface area contributed by atoms with Crippen LogP contribution in [0.5, 0.6) is 0 Å². The Balaban J connectivity index is 1.71. The van der Waals surface area contributed by atoms with Crippen LogP contribution >= 0.6 is 15.9 Å². The maximum atomic E-state index is 13.3.